The number of quaternary nitrogens is 1. The van der Waals surface area contributed by atoms with Gasteiger partial charge in [0.2, 0.25) is 5.91 Å². The van der Waals surface area contributed by atoms with Crippen molar-refractivity contribution in [2.75, 3.05) is 40.9 Å². The number of phosphoric acid groups is 1. The zero-order valence-corrected chi connectivity index (χ0v) is 53.6. The molecule has 0 aromatic carbocycles. The molecule has 0 aromatic rings. The third-order valence-electron chi connectivity index (χ3n) is 16.3. The van der Waals surface area contributed by atoms with E-state index in [1.54, 1.807) is 6.08 Å². The molecule has 0 aromatic heterocycles. The van der Waals surface area contributed by atoms with Gasteiger partial charge < -0.3 is 19.8 Å². The first-order valence-electron chi connectivity index (χ1n) is 34.6. The quantitative estimate of drug-likeness (QED) is 0.0243. The highest BCUT2D eigenvalue weighted by molar-refractivity contribution is 7.47. The van der Waals surface area contributed by atoms with E-state index in [0.29, 0.717) is 17.4 Å². The number of nitrogens with zero attached hydrogens (tertiary/aromatic N) is 1. The molecule has 0 fully saturated rings. The molecule has 0 rings (SSSR count). The molecule has 0 aliphatic carbocycles. The predicted octanol–water partition coefficient (Wildman–Crippen LogP) is 21.7. The molecule has 0 saturated heterocycles. The van der Waals surface area contributed by atoms with Crippen molar-refractivity contribution < 1.29 is 32.9 Å². The number of carbonyl (C=O) groups excluding carboxylic acids is 1. The number of aliphatic hydroxyl groups is 1. The zero-order chi connectivity index (χ0) is 56.3. The van der Waals surface area contributed by atoms with Crippen LogP contribution >= 0.6 is 7.82 Å². The van der Waals surface area contributed by atoms with Gasteiger partial charge in [-0.1, -0.05) is 353 Å². The van der Waals surface area contributed by atoms with Crippen LogP contribution in [0.4, 0.5) is 0 Å². The third-order valence-corrected chi connectivity index (χ3v) is 17.2. The molecule has 3 atom stereocenters. The van der Waals surface area contributed by atoms with E-state index in [-0.39, 0.29) is 19.1 Å². The van der Waals surface area contributed by atoms with Crippen molar-refractivity contribution in [2.24, 2.45) is 0 Å². The van der Waals surface area contributed by atoms with Crippen LogP contribution in [0.25, 0.3) is 0 Å². The first kappa shape index (κ1) is 76.2. The molecule has 0 spiro atoms. The molecule has 8 nitrogen and oxygen atoms in total. The van der Waals surface area contributed by atoms with E-state index in [9.17, 15) is 19.4 Å². The maximum absolute atomic E-state index is 13.0. The van der Waals surface area contributed by atoms with E-state index in [1.165, 1.54) is 315 Å². The Morgan fingerprint density at radius 3 is 0.961 bits per heavy atom. The fourth-order valence-corrected chi connectivity index (χ4v) is 11.6. The van der Waals surface area contributed by atoms with Gasteiger partial charge >= 0.3 is 7.82 Å². The van der Waals surface area contributed by atoms with Crippen LogP contribution in [0.1, 0.15) is 367 Å². The fraction of sp³-hybridized carbons (Fsp3) is 0.956. The summed E-state index contributed by atoms with van der Waals surface area (Å²) in [6.07, 6.45) is 76.4. The number of likely N-dealkylation sites (N-methyl/N-ethyl adjacent to an activating group) is 1. The molecule has 3 N–H and O–H groups in total. The van der Waals surface area contributed by atoms with Gasteiger partial charge in [0.15, 0.2) is 0 Å². The second-order valence-corrected chi connectivity index (χ2v) is 26.7. The fourth-order valence-electron chi connectivity index (χ4n) is 10.9. The molecule has 0 bridgehead atoms. The van der Waals surface area contributed by atoms with E-state index in [4.69, 9.17) is 9.05 Å². The molecular weight excluding hydrogens is 972 g/mol. The van der Waals surface area contributed by atoms with Crippen LogP contribution in [0, 0.1) is 0 Å². The van der Waals surface area contributed by atoms with Crippen molar-refractivity contribution in [3.63, 3.8) is 0 Å². The van der Waals surface area contributed by atoms with Gasteiger partial charge in [0.1, 0.15) is 13.2 Å². The first-order valence-corrected chi connectivity index (χ1v) is 36.1. The highest BCUT2D eigenvalue weighted by Crippen LogP contribution is 2.43. The molecule has 0 radical (unpaired) electrons. The Morgan fingerprint density at radius 2 is 0.688 bits per heavy atom. The SMILES string of the molecule is CCCCCCCCCCCCCCCCCCCCCCCCCCCCC/C=C/C(O)C(COP(=O)(O)OCC[N+](C)(C)C)NC(=O)CCCCCCCCCCCCCCCCCCCCCCCCCCCC. The molecule has 0 saturated carbocycles. The molecule has 1 amide bonds. The van der Waals surface area contributed by atoms with Crippen molar-refractivity contribution in [1.29, 1.82) is 0 Å². The molecule has 0 heterocycles. The Balaban J connectivity index is 4.04. The summed E-state index contributed by atoms with van der Waals surface area (Å²) in [4.78, 5) is 23.4. The molecule has 9 heteroatoms. The van der Waals surface area contributed by atoms with Gasteiger partial charge in [-0.2, -0.15) is 0 Å². The van der Waals surface area contributed by atoms with Crippen molar-refractivity contribution in [3.05, 3.63) is 12.2 Å². The van der Waals surface area contributed by atoms with Crippen LogP contribution < -0.4 is 5.32 Å². The summed E-state index contributed by atoms with van der Waals surface area (Å²) in [5.41, 5.74) is 0. The first-order chi connectivity index (χ1) is 37.5. The molecular formula is C68H138N2O6P+. The third kappa shape index (κ3) is 62.7. The lowest BCUT2D eigenvalue weighted by Crippen LogP contribution is -2.45. The van der Waals surface area contributed by atoms with Gasteiger partial charge in [0, 0.05) is 6.42 Å². The van der Waals surface area contributed by atoms with Crippen molar-refractivity contribution in [3.8, 4) is 0 Å². The van der Waals surface area contributed by atoms with Crippen LogP contribution in [-0.2, 0) is 18.4 Å². The summed E-state index contributed by atoms with van der Waals surface area (Å²) in [6, 6.07) is -0.843. The Hall–Kier alpha value is -0.760. The Morgan fingerprint density at radius 1 is 0.429 bits per heavy atom. The van der Waals surface area contributed by atoms with Crippen molar-refractivity contribution >= 4 is 13.7 Å². The summed E-state index contributed by atoms with van der Waals surface area (Å²) in [6.45, 7) is 4.89. The van der Waals surface area contributed by atoms with Crippen LogP contribution in [0.3, 0.4) is 0 Å². The Bertz CT molecular complexity index is 1260. The average molecular weight is 1110 g/mol. The lowest BCUT2D eigenvalue weighted by Gasteiger charge is -2.25. The summed E-state index contributed by atoms with van der Waals surface area (Å²) in [5, 5.41) is 14.0. The van der Waals surface area contributed by atoms with Gasteiger partial charge in [-0.15, -0.1) is 0 Å². The standard InChI is InChI=1S/C68H137N2O6P/c1-6-8-10-12-14-16-18-20-22-24-26-28-30-32-34-35-36-37-39-41-43-45-47-49-51-53-55-57-59-61-67(71)66(65-76-77(73,74)75-64-63-70(3,4)5)69-68(72)62-60-58-56-54-52-50-48-46-44-42-40-38-33-31-29-27-25-23-21-19-17-15-13-11-9-7-2/h59,61,66-67,71H,6-58,60,62-65H2,1-5H3,(H-,69,72,73,74)/p+1/b61-59+. The number of rotatable bonds is 65. The number of amides is 1. The normalized spacial score (nSPS) is 13.7. The van der Waals surface area contributed by atoms with Crippen LogP contribution in [0.5, 0.6) is 0 Å². The predicted molar refractivity (Wildman–Crippen MR) is 337 cm³/mol. The minimum absolute atomic E-state index is 0.0655. The van der Waals surface area contributed by atoms with E-state index < -0.39 is 20.0 Å². The van der Waals surface area contributed by atoms with Crippen molar-refractivity contribution in [2.45, 2.75) is 379 Å². The highest BCUT2D eigenvalue weighted by Gasteiger charge is 2.28. The minimum Gasteiger partial charge on any atom is -0.387 e. The Kier molecular flexibility index (Phi) is 59.3. The van der Waals surface area contributed by atoms with E-state index in [0.717, 1.165) is 32.1 Å². The highest BCUT2D eigenvalue weighted by atomic mass is 31.2. The number of hydrogen-bond acceptors (Lipinski definition) is 5. The summed E-state index contributed by atoms with van der Waals surface area (Å²) in [7, 11) is 1.60. The second kappa shape index (κ2) is 59.8. The molecule has 3 unspecified atom stereocenters. The molecule has 0 aliphatic rings. The molecule has 77 heavy (non-hydrogen) atoms. The molecule has 460 valence electrons. The zero-order valence-electron chi connectivity index (χ0n) is 52.7. The number of aliphatic hydroxyl groups excluding tert-OH is 1. The summed E-state index contributed by atoms with van der Waals surface area (Å²) < 4.78 is 23.8. The van der Waals surface area contributed by atoms with E-state index >= 15 is 0 Å². The monoisotopic (exact) mass is 1110 g/mol. The number of phosphoric ester groups is 1. The largest absolute Gasteiger partial charge is 0.472 e. The topological polar surface area (TPSA) is 105 Å². The minimum atomic E-state index is -4.35. The number of nitrogens with one attached hydrogen (secondary N) is 1. The smallest absolute Gasteiger partial charge is 0.387 e. The number of allylic oxidation sites excluding steroid dienone is 1. The van der Waals surface area contributed by atoms with Crippen molar-refractivity contribution in [1.82, 2.24) is 5.32 Å². The number of unbranched alkanes of at least 4 members (excludes halogenated alkanes) is 52. The summed E-state index contributed by atoms with van der Waals surface area (Å²) in [5.74, 6) is -0.167. The second-order valence-electron chi connectivity index (χ2n) is 25.3. The van der Waals surface area contributed by atoms with Gasteiger partial charge in [0.25, 0.3) is 0 Å². The maximum Gasteiger partial charge on any atom is 0.472 e. The summed E-state index contributed by atoms with van der Waals surface area (Å²) >= 11 is 0. The lowest BCUT2D eigenvalue weighted by molar-refractivity contribution is -0.870. The van der Waals surface area contributed by atoms with Gasteiger partial charge in [0.05, 0.1) is 39.9 Å². The van der Waals surface area contributed by atoms with E-state index in [1.807, 2.05) is 27.2 Å². The Labute approximate surface area is 482 Å². The van der Waals surface area contributed by atoms with Crippen LogP contribution in [0.15, 0.2) is 12.2 Å². The number of carbonyl (C=O) groups is 1. The van der Waals surface area contributed by atoms with Gasteiger partial charge in [-0.05, 0) is 19.3 Å². The van der Waals surface area contributed by atoms with Crippen LogP contribution in [0.2, 0.25) is 0 Å². The number of hydrogen-bond donors (Lipinski definition) is 3. The van der Waals surface area contributed by atoms with Crippen LogP contribution in [-0.4, -0.2) is 73.4 Å². The lowest BCUT2D eigenvalue weighted by atomic mass is 10.0. The average Bonchev–Trinajstić information content (AvgIpc) is 3.39. The van der Waals surface area contributed by atoms with Gasteiger partial charge in [-0.3, -0.25) is 13.8 Å². The maximum atomic E-state index is 13.0. The van der Waals surface area contributed by atoms with Gasteiger partial charge in [-0.25, -0.2) is 4.57 Å². The molecule has 0 aliphatic heterocycles. The van der Waals surface area contributed by atoms with E-state index in [2.05, 4.69) is 19.2 Å².